The molecule has 0 saturated heterocycles. The normalized spacial score (nSPS) is 11.4. The van der Waals surface area contributed by atoms with Gasteiger partial charge in [-0.2, -0.15) is 0 Å². The van der Waals surface area contributed by atoms with Crippen LogP contribution in [0.5, 0.6) is 0 Å². The van der Waals surface area contributed by atoms with E-state index in [9.17, 15) is 19.5 Å². The van der Waals surface area contributed by atoms with Gasteiger partial charge in [0, 0.05) is 49.6 Å². The Hall–Kier alpha value is -2.52. The number of amides is 3. The lowest BCUT2D eigenvalue weighted by Crippen LogP contribution is -2.46. The minimum absolute atomic E-state index is 0.130. The maximum Gasteiger partial charge on any atom is 0.407 e. The van der Waals surface area contributed by atoms with Crippen molar-refractivity contribution in [2.75, 3.05) is 98.3 Å². The number of hydrogen-bond acceptors (Lipinski definition) is 9. The predicted molar refractivity (Wildman–Crippen MR) is 184 cm³/mol. The molecule has 3 amide bonds. The number of carbonyl (C=O) groups excluding carboxylic acids is 2. The van der Waals surface area contributed by atoms with Crippen LogP contribution in [0.25, 0.3) is 0 Å². The highest BCUT2D eigenvalue weighted by molar-refractivity contribution is 6.17. The zero-order valence-corrected chi connectivity index (χ0v) is 29.9. The molecule has 1 rings (SSSR count). The van der Waals surface area contributed by atoms with Gasteiger partial charge in [-0.3, -0.25) is 9.59 Å². The van der Waals surface area contributed by atoms with Gasteiger partial charge in [0.2, 0.25) is 5.91 Å². The van der Waals surface area contributed by atoms with Gasteiger partial charge in [0.05, 0.1) is 72.7 Å². The molecule has 0 aliphatic rings. The summed E-state index contributed by atoms with van der Waals surface area (Å²) in [6.07, 6.45) is 3.60. The second-order valence-electron chi connectivity index (χ2n) is 11.9. The summed E-state index contributed by atoms with van der Waals surface area (Å²) in [6.45, 7) is 11.7. The maximum absolute atomic E-state index is 12.3. The average Bonchev–Trinajstić information content (AvgIpc) is 3.05. The molecule has 48 heavy (non-hydrogen) atoms. The quantitative estimate of drug-likeness (QED) is 0.0788. The molecule has 14 heteroatoms. The fraction of sp³-hybridized carbons (Fsp3) is 0.735. The van der Waals surface area contributed by atoms with Crippen molar-refractivity contribution in [3.05, 3.63) is 35.4 Å². The minimum Gasteiger partial charge on any atom is -0.465 e. The third kappa shape index (κ3) is 23.7. The van der Waals surface area contributed by atoms with Crippen LogP contribution in [-0.4, -0.2) is 132 Å². The van der Waals surface area contributed by atoms with Gasteiger partial charge in [0.1, 0.15) is 0 Å². The van der Waals surface area contributed by atoms with Crippen LogP contribution in [-0.2, 0) is 39.8 Å². The Morgan fingerprint density at radius 1 is 0.688 bits per heavy atom. The molecule has 276 valence electrons. The van der Waals surface area contributed by atoms with E-state index in [0.29, 0.717) is 97.1 Å². The summed E-state index contributed by atoms with van der Waals surface area (Å²) in [5.74, 6) is 0.404. The zero-order chi connectivity index (χ0) is 35.3. The number of alkyl halides is 1. The van der Waals surface area contributed by atoms with Crippen LogP contribution >= 0.6 is 11.6 Å². The summed E-state index contributed by atoms with van der Waals surface area (Å²) in [7, 11) is 0. The topological polar surface area (TPSA) is 154 Å². The lowest BCUT2D eigenvalue weighted by atomic mass is 10.1. The van der Waals surface area contributed by atoms with Gasteiger partial charge in [-0.05, 0) is 51.3 Å². The van der Waals surface area contributed by atoms with Crippen molar-refractivity contribution >= 4 is 29.5 Å². The molecule has 0 heterocycles. The van der Waals surface area contributed by atoms with Gasteiger partial charge in [-0.25, -0.2) is 4.79 Å². The monoisotopic (exact) mass is 703 g/mol. The molecule has 1 aromatic rings. The molecule has 0 spiro atoms. The van der Waals surface area contributed by atoms with Crippen LogP contribution in [0.15, 0.2) is 24.3 Å². The van der Waals surface area contributed by atoms with E-state index in [-0.39, 0.29) is 24.8 Å². The molecule has 0 aliphatic carbocycles. The zero-order valence-electron chi connectivity index (χ0n) is 29.1. The SMILES string of the molecule is CC(C)(C)N(CCOCCOCCOCCOCCC(=O)NCc1ccc(C(=O)NCCOCCOCCCCCCCl)cc1)C(=O)O. The lowest BCUT2D eigenvalue weighted by Gasteiger charge is -2.32. The smallest absolute Gasteiger partial charge is 0.407 e. The van der Waals surface area contributed by atoms with Crippen LogP contribution in [0.2, 0.25) is 0 Å². The fourth-order valence-corrected chi connectivity index (χ4v) is 4.37. The molecule has 13 nitrogen and oxygen atoms in total. The first-order valence-electron chi connectivity index (χ1n) is 16.8. The van der Waals surface area contributed by atoms with Crippen molar-refractivity contribution in [2.45, 2.75) is 65.0 Å². The van der Waals surface area contributed by atoms with Crippen LogP contribution < -0.4 is 10.6 Å². The Labute approximate surface area is 291 Å². The summed E-state index contributed by atoms with van der Waals surface area (Å²) in [4.78, 5) is 37.1. The molecule has 0 radical (unpaired) electrons. The van der Waals surface area contributed by atoms with Crippen molar-refractivity contribution in [3.63, 3.8) is 0 Å². The van der Waals surface area contributed by atoms with E-state index in [1.165, 1.54) is 4.90 Å². The number of rotatable bonds is 30. The summed E-state index contributed by atoms with van der Waals surface area (Å²) in [5.41, 5.74) is 0.946. The second-order valence-corrected chi connectivity index (χ2v) is 12.2. The summed E-state index contributed by atoms with van der Waals surface area (Å²) in [5, 5.41) is 14.9. The Balaban J connectivity index is 1.96. The lowest BCUT2D eigenvalue weighted by molar-refractivity contribution is -0.122. The van der Waals surface area contributed by atoms with Crippen LogP contribution in [0.4, 0.5) is 4.79 Å². The van der Waals surface area contributed by atoms with Crippen LogP contribution in [0, 0.1) is 0 Å². The highest BCUT2D eigenvalue weighted by atomic mass is 35.5. The fourth-order valence-electron chi connectivity index (χ4n) is 4.18. The molecule has 0 aromatic heterocycles. The van der Waals surface area contributed by atoms with E-state index in [0.717, 1.165) is 37.9 Å². The number of nitrogens with one attached hydrogen (secondary N) is 2. The third-order valence-corrected chi connectivity index (χ3v) is 7.14. The first kappa shape index (κ1) is 43.5. The molecule has 0 aliphatic heterocycles. The van der Waals surface area contributed by atoms with Crippen molar-refractivity contribution in [3.8, 4) is 0 Å². The van der Waals surface area contributed by atoms with E-state index in [1.807, 2.05) is 32.9 Å². The molecular weight excluding hydrogens is 646 g/mol. The standard InChI is InChI=1S/C34H58ClN3O10/c1-34(2,3)38(33(41)42)15-19-46-23-25-48-27-26-47-24-21-44-17-12-31(39)37-28-29-8-10-30(11-9-29)32(40)36-14-18-45-22-20-43-16-7-5-4-6-13-35/h8-11H,4-7,12-28H2,1-3H3,(H,36,40)(H,37,39)(H,41,42). The number of nitrogens with zero attached hydrogens (tertiary/aromatic N) is 1. The molecule has 1 aromatic carbocycles. The van der Waals surface area contributed by atoms with Gasteiger partial charge in [-0.15, -0.1) is 11.6 Å². The molecule has 0 unspecified atom stereocenters. The van der Waals surface area contributed by atoms with E-state index in [1.54, 1.807) is 12.1 Å². The highest BCUT2D eigenvalue weighted by Crippen LogP contribution is 2.12. The van der Waals surface area contributed by atoms with Gasteiger partial charge in [0.15, 0.2) is 0 Å². The number of ether oxygens (including phenoxy) is 6. The Morgan fingerprint density at radius 2 is 1.21 bits per heavy atom. The molecular formula is C34H58ClN3O10. The Bertz CT molecular complexity index is 979. The van der Waals surface area contributed by atoms with Gasteiger partial charge in [-0.1, -0.05) is 25.0 Å². The number of carbonyl (C=O) groups is 3. The number of benzene rings is 1. The van der Waals surface area contributed by atoms with Crippen LogP contribution in [0.3, 0.4) is 0 Å². The predicted octanol–water partition coefficient (Wildman–Crippen LogP) is 4.10. The molecule has 3 N–H and O–H groups in total. The first-order chi connectivity index (χ1) is 23.1. The van der Waals surface area contributed by atoms with E-state index >= 15 is 0 Å². The van der Waals surface area contributed by atoms with Crippen molar-refractivity contribution in [1.29, 1.82) is 0 Å². The number of carboxylic acid groups (broad SMARTS) is 1. The summed E-state index contributed by atoms with van der Waals surface area (Å²) < 4.78 is 32.8. The second kappa shape index (κ2) is 28.3. The molecule has 0 saturated carbocycles. The summed E-state index contributed by atoms with van der Waals surface area (Å²) in [6, 6.07) is 7.08. The van der Waals surface area contributed by atoms with E-state index in [2.05, 4.69) is 10.6 Å². The number of hydrogen-bond donors (Lipinski definition) is 3. The Morgan fingerprint density at radius 3 is 1.77 bits per heavy atom. The molecule has 0 bridgehead atoms. The third-order valence-electron chi connectivity index (χ3n) is 6.87. The first-order valence-corrected chi connectivity index (χ1v) is 17.4. The minimum atomic E-state index is -0.967. The molecule has 0 atom stereocenters. The van der Waals surface area contributed by atoms with E-state index < -0.39 is 11.6 Å². The average molecular weight is 704 g/mol. The van der Waals surface area contributed by atoms with Gasteiger partial charge < -0.3 is 49.1 Å². The Kier molecular flexibility index (Phi) is 25.7. The van der Waals surface area contributed by atoms with Gasteiger partial charge in [0.25, 0.3) is 5.91 Å². The summed E-state index contributed by atoms with van der Waals surface area (Å²) >= 11 is 5.66. The highest BCUT2D eigenvalue weighted by Gasteiger charge is 2.25. The maximum atomic E-state index is 12.3. The van der Waals surface area contributed by atoms with Crippen molar-refractivity contribution in [1.82, 2.24) is 15.5 Å². The molecule has 0 fully saturated rings. The van der Waals surface area contributed by atoms with Gasteiger partial charge >= 0.3 is 6.09 Å². The largest absolute Gasteiger partial charge is 0.465 e. The van der Waals surface area contributed by atoms with Crippen LogP contribution in [0.1, 0.15) is 68.8 Å². The van der Waals surface area contributed by atoms with Crippen molar-refractivity contribution < 1.29 is 47.9 Å². The number of halogens is 1. The van der Waals surface area contributed by atoms with E-state index in [4.69, 9.17) is 40.0 Å². The van der Waals surface area contributed by atoms with Crippen molar-refractivity contribution in [2.24, 2.45) is 0 Å². The number of unbranched alkanes of at least 4 members (excludes halogenated alkanes) is 3.